The highest BCUT2D eigenvalue weighted by Crippen LogP contribution is 2.37. The predicted molar refractivity (Wildman–Crippen MR) is 517 cm³/mol. The molecule has 22 nitrogen and oxygen atoms in total. The fourth-order valence-electron chi connectivity index (χ4n) is 11.4. The van der Waals surface area contributed by atoms with E-state index in [9.17, 15) is 20.1 Å². The molecule has 0 saturated carbocycles. The number of anilines is 4. The minimum absolute atomic E-state index is 0. The van der Waals surface area contributed by atoms with Crippen LogP contribution in [0.1, 0.15) is 49.9 Å². The Bertz CT molecular complexity index is 5360. The van der Waals surface area contributed by atoms with Gasteiger partial charge in [0.05, 0.1) is 72.4 Å². The second kappa shape index (κ2) is 51.0. The number of nitrogens with one attached hydrogen (secondary N) is 4. The molecule has 15 rings (SSSR count). The molecule has 0 spiro atoms. The molecule has 4 atom stereocenters. The summed E-state index contributed by atoms with van der Waals surface area (Å²) in [5.74, 6) is 0.132. The van der Waals surface area contributed by atoms with Crippen molar-refractivity contribution >= 4 is 302 Å². The number of benzene rings is 6. The summed E-state index contributed by atoms with van der Waals surface area (Å²) in [5, 5.41) is 41.3. The van der Waals surface area contributed by atoms with Crippen LogP contribution < -0.4 is 48.9 Å². The van der Waals surface area contributed by atoms with Crippen LogP contribution in [-0.2, 0) is 30.5 Å². The number of aromatic nitrogens is 6. The zero-order valence-corrected chi connectivity index (χ0v) is 68.1. The number of carbonyl (C=O) groups excluding carboxylic acids is 1. The lowest BCUT2D eigenvalue weighted by atomic mass is 8.81. The average molecular weight is 1550 g/mol. The van der Waals surface area contributed by atoms with Crippen LogP contribution in [-0.4, -0.2) is 262 Å². The molecule has 557 valence electrons. The number of aliphatic imine (C=N–C) groups is 3. The van der Waals surface area contributed by atoms with Crippen molar-refractivity contribution in [3.8, 4) is 0 Å². The molecule has 0 saturated heterocycles. The van der Waals surface area contributed by atoms with Gasteiger partial charge in [-0.2, -0.15) is 4.73 Å². The topological polar surface area (TPSA) is 341 Å². The Balaban J connectivity index is 0.000000285. The van der Waals surface area contributed by atoms with Crippen molar-refractivity contribution in [3.63, 3.8) is 0 Å². The molecule has 33 radical (unpaired) electrons. The number of Topliss-reactive ketones (excluding diaryl/α,β-unsaturated/α-hetero) is 1. The summed E-state index contributed by atoms with van der Waals surface area (Å²) in [6.45, 7) is 8.22. The van der Waals surface area contributed by atoms with Gasteiger partial charge in [0.15, 0.2) is 12.0 Å². The second-order valence-electron chi connectivity index (χ2n) is 26.1. The molecular weight excluding hydrogens is 1470 g/mol. The maximum absolute atomic E-state index is 11.9. The summed E-state index contributed by atoms with van der Waals surface area (Å²) in [5.41, 5.74) is 41.4. The van der Waals surface area contributed by atoms with E-state index in [0.29, 0.717) is 57.1 Å². The highest BCUT2D eigenvalue weighted by molar-refractivity contribution is 7.76. The normalized spacial score (nSPS) is 12.2. The van der Waals surface area contributed by atoms with Crippen molar-refractivity contribution in [1.82, 2.24) is 46.2 Å². The molecule has 6 aromatic heterocycles. The first-order chi connectivity index (χ1) is 55.9. The summed E-state index contributed by atoms with van der Waals surface area (Å²) in [4.78, 5) is 57.2. The summed E-state index contributed by atoms with van der Waals surface area (Å²) in [6.07, 6.45) is 9.12. The molecule has 4 unspecified atom stereocenters. The van der Waals surface area contributed by atoms with Crippen molar-refractivity contribution in [2.24, 2.45) is 15.0 Å². The maximum Gasteiger partial charge on any atom is 0.292 e. The van der Waals surface area contributed by atoms with Gasteiger partial charge in [0.1, 0.15) is 10.8 Å². The quantitative estimate of drug-likeness (QED) is 0.0154. The number of hydrogen-bond acceptors (Lipinski definition) is 20. The van der Waals surface area contributed by atoms with Gasteiger partial charge in [0.2, 0.25) is 5.52 Å². The third-order valence-corrected chi connectivity index (χ3v) is 18.4. The molecular formula is C74H77B21ClN18O4. The van der Waals surface area contributed by atoms with Gasteiger partial charge in [-0.15, -0.1) is 0 Å². The van der Waals surface area contributed by atoms with E-state index < -0.39 is 30.5 Å². The molecule has 12 N–H and O–H groups in total. The van der Waals surface area contributed by atoms with Crippen molar-refractivity contribution < 1.29 is 14.4 Å². The first-order valence-corrected chi connectivity index (χ1v) is 37.0. The van der Waals surface area contributed by atoms with Crippen LogP contribution in [0.5, 0.6) is 0 Å². The van der Waals surface area contributed by atoms with E-state index in [4.69, 9.17) is 93.7 Å². The Kier molecular flexibility index (Phi) is 43.5. The van der Waals surface area contributed by atoms with E-state index in [0.717, 1.165) is 109 Å². The minimum Gasteiger partial charge on any atom is -0.618 e. The second-order valence-corrected chi connectivity index (χ2v) is 26.5. The Morgan fingerprint density at radius 1 is 0.517 bits per heavy atom. The SMILES string of the molecule is CNC(C)C(=O)Cc1ccc2ncccc2c1N.CNC(C)C1=Nc2ccc3c(ccc[n+]3[O-])c2C1.CNC(C)C1=Nc2ccc3nc(Cl)ccc3c2C1.CNC(C)C1=Nc2ccc3ncccc3c2C1.Nc1c([N+](=O)[O-])ccc2ncccc12.Nc1ccc2ncccc2c1N.[B].[B]B([B])B([B])[B].[B]B([B])[B].[B][B].[B][B]B([B])[B].[B][B][B]. The maximum atomic E-state index is 11.9. The first-order valence-electron chi connectivity index (χ1n) is 36.6. The Hall–Kier alpha value is -9.65. The Morgan fingerprint density at radius 3 is 1.31 bits per heavy atom. The molecule has 0 amide bonds. The van der Waals surface area contributed by atoms with Gasteiger partial charge in [0, 0.05) is 293 Å². The van der Waals surface area contributed by atoms with Crippen molar-refractivity contribution in [3.05, 3.63) is 219 Å². The van der Waals surface area contributed by atoms with Crippen molar-refractivity contribution in [2.45, 2.75) is 77.5 Å². The van der Waals surface area contributed by atoms with Gasteiger partial charge in [-0.25, -0.2) is 4.98 Å². The molecule has 12 aromatic rings. The molecule has 6 aromatic carbocycles. The lowest BCUT2D eigenvalue weighted by Crippen LogP contribution is -2.38. The smallest absolute Gasteiger partial charge is 0.292 e. The summed E-state index contributed by atoms with van der Waals surface area (Å²) in [7, 11) is 75.3. The number of carbonyl (C=O) groups is 1. The van der Waals surface area contributed by atoms with E-state index in [1.54, 1.807) is 56.0 Å². The van der Waals surface area contributed by atoms with Gasteiger partial charge in [-0.05, 0) is 193 Å². The number of nitrogens with zero attached hydrogens (tertiary/aromatic N) is 10. The molecule has 3 aliphatic heterocycles. The van der Waals surface area contributed by atoms with Crippen molar-refractivity contribution in [1.29, 1.82) is 0 Å². The molecule has 44 heteroatoms. The number of ketones is 1. The number of nitrogen functional groups attached to an aromatic ring is 4. The highest BCUT2D eigenvalue weighted by Gasteiger charge is 2.25. The van der Waals surface area contributed by atoms with Crippen LogP contribution >= 0.6 is 11.6 Å². The first kappa shape index (κ1) is 101. The zero-order chi connectivity index (χ0) is 86.8. The van der Waals surface area contributed by atoms with Gasteiger partial charge < -0.3 is 49.4 Å². The Labute approximate surface area is 720 Å². The van der Waals surface area contributed by atoms with Crippen LogP contribution in [0.3, 0.4) is 0 Å². The van der Waals surface area contributed by atoms with Gasteiger partial charge >= 0.3 is 0 Å². The number of pyridine rings is 6. The van der Waals surface area contributed by atoms with E-state index in [1.807, 2.05) is 131 Å². The van der Waals surface area contributed by atoms with E-state index in [-0.39, 0.29) is 37.7 Å². The van der Waals surface area contributed by atoms with Gasteiger partial charge in [-0.3, -0.25) is 49.8 Å². The molecule has 0 aliphatic carbocycles. The predicted octanol–water partition coefficient (Wildman–Crippen LogP) is 3.97. The highest BCUT2D eigenvalue weighted by atomic mass is 35.5. The molecule has 0 fully saturated rings. The fraction of sp³-hybridized carbons (Fsp3) is 0.216. The van der Waals surface area contributed by atoms with Gasteiger partial charge in [0.25, 0.3) is 5.69 Å². The molecule has 3 aliphatic rings. The standard InChI is InChI=1S/C14H14ClN3.C14H15N3O.C14H17N3O.C14H15N3.C9H7N3O2.C9H9N3.B6.B5.B4.B3.B2.B/c1-8(16-2)13-7-10-9-3-6-14(15)18-11(9)4-5-12(10)17-13;1-9(15-2)13-8-11-10-4-3-7-17(18)14(10)6-5-12(11)16-13;1-9(16-2)13(18)8-10-5-6-12-11(14(10)15)4-3-7-17-12;1-9(15-2)14-8-11-10-4-3-7-16-12(10)5-6-13(11)17-14;10-9-6-2-1-5-11-7(6)3-4-8(9)12(13)14;10-7-3-4-8-6(9(7)11)2-1-5-12-8;1-5(2)6(3)4;1-4-5(2)3;1-4(2)3;1-3-2;1-2;/h3-6,8,16H,7H2,1-2H3;3-7,9,15H,8H2,1-2H3;3-7,9,16H,8,15H2,1-2H3;3-7,9,15H,8H2,1-2H3;1-5H,10H2;1-5H,10-11H2;;;;;;. The molecule has 9 heterocycles. The van der Waals surface area contributed by atoms with Crippen LogP contribution in [0.25, 0.3) is 65.4 Å². The lowest BCUT2D eigenvalue weighted by Gasteiger charge is -2.11. The minimum atomic E-state index is -0.667. The number of halogens is 1. The van der Waals surface area contributed by atoms with Crippen LogP contribution in [0.2, 0.25) is 5.15 Å². The largest absolute Gasteiger partial charge is 0.618 e. The zero-order valence-electron chi connectivity index (χ0n) is 67.3. The van der Waals surface area contributed by atoms with Crippen molar-refractivity contribution in [2.75, 3.05) is 51.1 Å². The Morgan fingerprint density at radius 2 is 0.881 bits per heavy atom. The number of nitro benzene ring substituents is 1. The molecule has 0 bridgehead atoms. The number of hydrogen-bond donors (Lipinski definition) is 8. The number of nitrogens with two attached hydrogens (primary N) is 4. The van der Waals surface area contributed by atoms with E-state index in [2.05, 4.69) is 143 Å². The third-order valence-electron chi connectivity index (χ3n) is 18.2. The van der Waals surface area contributed by atoms with E-state index >= 15 is 0 Å². The number of nitro groups is 1. The monoisotopic (exact) mass is 1550 g/mol. The fourth-order valence-corrected chi connectivity index (χ4v) is 11.5. The third kappa shape index (κ3) is 29.1. The summed E-state index contributed by atoms with van der Waals surface area (Å²) < 4.78 is 0.912. The van der Waals surface area contributed by atoms with Gasteiger partial charge in [-0.1, -0.05) is 23.7 Å². The number of likely N-dealkylation sites (N-methyl/N-ethyl adjacent to an activating group) is 1. The number of fused-ring (bicyclic) bond motifs is 12. The van der Waals surface area contributed by atoms with E-state index in [1.165, 1.54) is 47.3 Å². The van der Waals surface area contributed by atoms with Crippen LogP contribution in [0.4, 0.5) is 45.5 Å². The molecule has 118 heavy (non-hydrogen) atoms. The lowest BCUT2D eigenvalue weighted by molar-refractivity contribution is -0.577. The van der Waals surface area contributed by atoms with Crippen LogP contribution in [0.15, 0.2) is 192 Å². The number of rotatable bonds is 13. The summed E-state index contributed by atoms with van der Waals surface area (Å²) >= 11 is 5.92. The van der Waals surface area contributed by atoms with Crippen LogP contribution in [0, 0.1) is 15.3 Å². The average Bonchev–Trinajstić information content (AvgIpc) is 1.63. The summed E-state index contributed by atoms with van der Waals surface area (Å²) in [6, 6.07) is 45.7.